The molecule has 28 heavy (non-hydrogen) atoms. The molecule has 2 fully saturated rings. The summed E-state index contributed by atoms with van der Waals surface area (Å²) in [5.74, 6) is -0.421. The summed E-state index contributed by atoms with van der Waals surface area (Å²) in [6, 6.07) is 2.58. The minimum absolute atomic E-state index is 0.0973. The Hall–Kier alpha value is -2.41. The molecule has 1 saturated carbocycles. The highest BCUT2D eigenvalue weighted by molar-refractivity contribution is 5.88. The highest BCUT2D eigenvalue weighted by Crippen LogP contribution is 2.49. The van der Waals surface area contributed by atoms with Gasteiger partial charge in [-0.15, -0.1) is 0 Å². The predicted molar refractivity (Wildman–Crippen MR) is 104 cm³/mol. The lowest BCUT2D eigenvalue weighted by Crippen LogP contribution is -2.50. The molecule has 2 aliphatic heterocycles. The van der Waals surface area contributed by atoms with Gasteiger partial charge in [0.25, 0.3) is 5.56 Å². The van der Waals surface area contributed by atoms with Crippen LogP contribution in [-0.4, -0.2) is 45.6 Å². The van der Waals surface area contributed by atoms with E-state index in [1.165, 1.54) is 6.92 Å². The van der Waals surface area contributed by atoms with E-state index < -0.39 is 12.0 Å². The van der Waals surface area contributed by atoms with Crippen LogP contribution >= 0.6 is 0 Å². The molecule has 4 atom stereocenters. The van der Waals surface area contributed by atoms with Crippen LogP contribution in [0.1, 0.15) is 44.0 Å². The lowest BCUT2D eigenvalue weighted by atomic mass is 9.88. The predicted octanol–water partition coefficient (Wildman–Crippen LogP) is 0.918. The minimum Gasteiger partial charge on any atom is -0.396 e. The highest BCUT2D eigenvalue weighted by atomic mass is 16.3. The number of hydrogen-bond donors (Lipinski definition) is 2. The number of aromatic nitrogens is 1. The van der Waals surface area contributed by atoms with Crippen molar-refractivity contribution in [2.75, 3.05) is 13.2 Å². The molecule has 1 aromatic rings. The molecule has 2 N–H and O–H groups in total. The van der Waals surface area contributed by atoms with Crippen LogP contribution in [0.5, 0.6) is 0 Å². The summed E-state index contributed by atoms with van der Waals surface area (Å²) in [4.78, 5) is 39.9. The largest absolute Gasteiger partial charge is 0.396 e. The fraction of sp³-hybridized carbons (Fsp3) is 0.571. The maximum Gasteiger partial charge on any atom is 0.258 e. The second kappa shape index (κ2) is 7.20. The van der Waals surface area contributed by atoms with Gasteiger partial charge in [-0.05, 0) is 37.8 Å². The third kappa shape index (κ3) is 2.98. The summed E-state index contributed by atoms with van der Waals surface area (Å²) in [6.07, 6.45) is 5.84. The van der Waals surface area contributed by atoms with Crippen LogP contribution in [0.15, 0.2) is 23.0 Å². The van der Waals surface area contributed by atoms with E-state index in [9.17, 15) is 19.5 Å². The highest BCUT2D eigenvalue weighted by Gasteiger charge is 2.56. The Morgan fingerprint density at radius 1 is 1.32 bits per heavy atom. The van der Waals surface area contributed by atoms with Crippen molar-refractivity contribution in [1.82, 2.24) is 14.8 Å². The minimum atomic E-state index is -0.699. The molecule has 0 bridgehead atoms. The zero-order valence-corrected chi connectivity index (χ0v) is 16.3. The summed E-state index contributed by atoms with van der Waals surface area (Å²) in [7, 11) is 0. The van der Waals surface area contributed by atoms with E-state index >= 15 is 0 Å². The molecular weight excluding hydrogens is 358 g/mol. The van der Waals surface area contributed by atoms with Gasteiger partial charge in [-0.3, -0.25) is 14.4 Å². The molecular formula is C21H27N3O4. The number of carbonyl (C=O) groups excluding carboxylic acids is 2. The Bertz CT molecular complexity index is 886. The SMILES string of the molecule is C/C=C\c1ccc2n(c1=O)C[C@@H]1[C@@H](CO)[C@H](C(=O)NCC3CC3)N(C(C)=O)[C@H]21. The molecule has 1 saturated heterocycles. The Morgan fingerprint density at radius 3 is 2.68 bits per heavy atom. The van der Waals surface area contributed by atoms with Crippen LogP contribution in [0, 0.1) is 17.8 Å². The number of fused-ring (bicyclic) bond motifs is 3. The third-order valence-corrected chi connectivity index (χ3v) is 6.35. The van der Waals surface area contributed by atoms with Gasteiger partial charge in [-0.1, -0.05) is 12.2 Å². The van der Waals surface area contributed by atoms with Crippen LogP contribution in [0.3, 0.4) is 0 Å². The van der Waals surface area contributed by atoms with Crippen LogP contribution < -0.4 is 10.9 Å². The molecule has 7 heteroatoms. The van der Waals surface area contributed by atoms with E-state index in [0.29, 0.717) is 24.6 Å². The maximum atomic E-state index is 12.9. The lowest BCUT2D eigenvalue weighted by Gasteiger charge is -2.30. The zero-order chi connectivity index (χ0) is 20.0. The summed E-state index contributed by atoms with van der Waals surface area (Å²) >= 11 is 0. The third-order valence-electron chi connectivity index (χ3n) is 6.35. The number of pyridine rings is 1. The van der Waals surface area contributed by atoms with E-state index in [4.69, 9.17) is 0 Å². The Labute approximate surface area is 164 Å². The molecule has 0 radical (unpaired) electrons. The van der Waals surface area contributed by atoms with Gasteiger partial charge in [-0.25, -0.2) is 0 Å². The number of nitrogens with one attached hydrogen (secondary N) is 1. The zero-order valence-electron chi connectivity index (χ0n) is 16.3. The van der Waals surface area contributed by atoms with Crippen LogP contribution in [0.2, 0.25) is 0 Å². The number of rotatable bonds is 5. The van der Waals surface area contributed by atoms with Crippen molar-refractivity contribution in [3.63, 3.8) is 0 Å². The van der Waals surface area contributed by atoms with Crippen molar-refractivity contribution in [3.05, 3.63) is 39.8 Å². The smallest absolute Gasteiger partial charge is 0.258 e. The first kappa shape index (κ1) is 18.9. The average molecular weight is 385 g/mol. The van der Waals surface area contributed by atoms with Gasteiger partial charge in [0.15, 0.2) is 0 Å². The van der Waals surface area contributed by atoms with Gasteiger partial charge in [-0.2, -0.15) is 0 Å². The van der Waals surface area contributed by atoms with Crippen molar-refractivity contribution >= 4 is 17.9 Å². The van der Waals surface area contributed by atoms with Crippen molar-refractivity contribution in [2.24, 2.45) is 17.8 Å². The standard InChI is InChI=1S/C21H27N3O4/c1-3-4-14-7-8-17-18-15(10-23(17)21(14)28)16(11-25)19(24(18)12(2)26)20(27)22-9-13-5-6-13/h3-4,7-8,13,15-16,18-19,25H,5-6,9-11H2,1-2H3,(H,22,27)/b4-3-/t15-,16-,18+,19-/m1/s1. The molecule has 0 spiro atoms. The van der Waals surface area contributed by atoms with Gasteiger partial charge >= 0.3 is 0 Å². The fourth-order valence-electron chi connectivity index (χ4n) is 4.84. The van der Waals surface area contributed by atoms with Gasteiger partial charge in [0.2, 0.25) is 11.8 Å². The van der Waals surface area contributed by atoms with Gasteiger partial charge in [0.05, 0.1) is 6.04 Å². The van der Waals surface area contributed by atoms with Crippen molar-refractivity contribution in [3.8, 4) is 0 Å². The number of aliphatic hydroxyl groups excluding tert-OH is 1. The van der Waals surface area contributed by atoms with Gasteiger partial charge in [0, 0.05) is 49.7 Å². The van der Waals surface area contributed by atoms with E-state index in [-0.39, 0.29) is 35.9 Å². The second-order valence-corrected chi connectivity index (χ2v) is 8.14. The fourth-order valence-corrected chi connectivity index (χ4v) is 4.84. The molecule has 1 aliphatic carbocycles. The summed E-state index contributed by atoms with van der Waals surface area (Å²) < 4.78 is 1.70. The monoisotopic (exact) mass is 385 g/mol. The van der Waals surface area contributed by atoms with Crippen molar-refractivity contribution in [2.45, 2.75) is 45.3 Å². The van der Waals surface area contributed by atoms with Gasteiger partial charge in [0.1, 0.15) is 6.04 Å². The molecule has 4 rings (SSSR count). The quantitative estimate of drug-likeness (QED) is 0.788. The van der Waals surface area contributed by atoms with Crippen LogP contribution in [-0.2, 0) is 16.1 Å². The Morgan fingerprint density at radius 2 is 2.07 bits per heavy atom. The number of amides is 2. The first-order valence-electron chi connectivity index (χ1n) is 10.0. The van der Waals surface area contributed by atoms with Gasteiger partial charge < -0.3 is 19.9 Å². The topological polar surface area (TPSA) is 91.6 Å². The Balaban J connectivity index is 1.71. The molecule has 0 unspecified atom stereocenters. The van der Waals surface area contributed by atoms with E-state index in [1.54, 1.807) is 21.6 Å². The van der Waals surface area contributed by atoms with E-state index in [2.05, 4.69) is 5.32 Å². The lowest BCUT2D eigenvalue weighted by molar-refractivity contribution is -0.140. The second-order valence-electron chi connectivity index (χ2n) is 8.14. The molecule has 2 amide bonds. The first-order valence-corrected chi connectivity index (χ1v) is 10.0. The van der Waals surface area contributed by atoms with Crippen molar-refractivity contribution < 1.29 is 14.7 Å². The molecule has 7 nitrogen and oxygen atoms in total. The average Bonchev–Trinajstić information content (AvgIpc) is 3.33. The van der Waals surface area contributed by atoms with E-state index in [0.717, 1.165) is 18.5 Å². The number of nitrogens with zero attached hydrogens (tertiary/aromatic N) is 2. The first-order chi connectivity index (χ1) is 13.5. The molecule has 0 aromatic carbocycles. The van der Waals surface area contributed by atoms with Crippen LogP contribution in [0.4, 0.5) is 0 Å². The summed E-state index contributed by atoms with van der Waals surface area (Å²) in [5.41, 5.74) is 1.24. The van der Waals surface area contributed by atoms with Crippen molar-refractivity contribution in [1.29, 1.82) is 0 Å². The molecule has 1 aromatic heterocycles. The molecule has 3 aliphatic rings. The molecule has 150 valence electrons. The van der Waals surface area contributed by atoms with E-state index in [1.807, 2.05) is 19.1 Å². The summed E-state index contributed by atoms with van der Waals surface area (Å²) in [6.45, 7) is 4.14. The number of carbonyl (C=O) groups is 2. The number of allylic oxidation sites excluding steroid dienone is 1. The number of hydrogen-bond acceptors (Lipinski definition) is 4. The Kier molecular flexibility index (Phi) is 4.87. The van der Waals surface area contributed by atoms with Crippen LogP contribution in [0.25, 0.3) is 6.08 Å². The number of aliphatic hydroxyl groups is 1. The summed E-state index contributed by atoms with van der Waals surface area (Å²) in [5, 5.41) is 13.1. The molecule has 3 heterocycles. The maximum absolute atomic E-state index is 12.9. The normalized spacial score (nSPS) is 28.5. The number of likely N-dealkylation sites (tertiary alicyclic amines) is 1.